The van der Waals surface area contributed by atoms with Gasteiger partial charge in [-0.05, 0) is 20.8 Å². The molecule has 0 bridgehead atoms. The van der Waals surface area contributed by atoms with E-state index < -0.39 is 17.3 Å². The first-order valence-electron chi connectivity index (χ1n) is 5.19. The lowest BCUT2D eigenvalue weighted by atomic mass is 9.94. The van der Waals surface area contributed by atoms with E-state index >= 15 is 0 Å². The lowest BCUT2D eigenvalue weighted by Crippen LogP contribution is -2.39. The van der Waals surface area contributed by atoms with E-state index in [-0.39, 0.29) is 12.3 Å². The number of hydrogen-bond donors (Lipinski definition) is 2. The maximum absolute atomic E-state index is 11.7. The lowest BCUT2D eigenvalue weighted by molar-refractivity contribution is -0.146. The predicted molar refractivity (Wildman–Crippen MR) is 59.7 cm³/mol. The number of hydrogen-bond acceptors (Lipinski definition) is 4. The van der Waals surface area contributed by atoms with Crippen LogP contribution in [0.4, 0.5) is 0 Å². The van der Waals surface area contributed by atoms with Gasteiger partial charge in [0.2, 0.25) is 5.76 Å². The molecule has 2 N–H and O–H groups in total. The standard InChI is InChI=1S/C11H16N2O4/c1-6-8(17-7(2)13-6)9(14)12-5-11(3,4)10(15)16/h5H2,1-4H3,(H,12,14)(H,15,16). The van der Waals surface area contributed by atoms with Gasteiger partial charge in [0, 0.05) is 13.5 Å². The summed E-state index contributed by atoms with van der Waals surface area (Å²) in [4.78, 5) is 26.5. The second kappa shape index (κ2) is 4.57. The van der Waals surface area contributed by atoms with E-state index in [1.54, 1.807) is 13.8 Å². The molecule has 1 aromatic heterocycles. The van der Waals surface area contributed by atoms with Crippen LogP contribution in [0.1, 0.15) is 36.0 Å². The zero-order valence-electron chi connectivity index (χ0n) is 10.3. The molecule has 0 unspecified atom stereocenters. The van der Waals surface area contributed by atoms with Crippen LogP contribution in [-0.2, 0) is 4.79 Å². The zero-order valence-corrected chi connectivity index (χ0v) is 10.3. The van der Waals surface area contributed by atoms with E-state index in [1.807, 2.05) is 0 Å². The van der Waals surface area contributed by atoms with Gasteiger partial charge in [-0.15, -0.1) is 0 Å². The Morgan fingerprint density at radius 2 is 2.00 bits per heavy atom. The molecule has 1 heterocycles. The molecule has 94 valence electrons. The van der Waals surface area contributed by atoms with Gasteiger partial charge >= 0.3 is 5.97 Å². The van der Waals surface area contributed by atoms with E-state index in [1.165, 1.54) is 13.8 Å². The second-order valence-corrected chi connectivity index (χ2v) is 4.52. The van der Waals surface area contributed by atoms with Crippen molar-refractivity contribution in [3.05, 3.63) is 17.3 Å². The maximum Gasteiger partial charge on any atom is 0.310 e. The molecule has 0 radical (unpaired) electrons. The molecule has 1 aromatic rings. The number of aromatic nitrogens is 1. The zero-order chi connectivity index (χ0) is 13.2. The maximum atomic E-state index is 11.7. The van der Waals surface area contributed by atoms with E-state index in [4.69, 9.17) is 9.52 Å². The highest BCUT2D eigenvalue weighted by atomic mass is 16.4. The average Bonchev–Trinajstić information content (AvgIpc) is 2.54. The highest BCUT2D eigenvalue weighted by molar-refractivity contribution is 5.92. The van der Waals surface area contributed by atoms with Gasteiger partial charge in [0.15, 0.2) is 5.89 Å². The third-order valence-corrected chi connectivity index (χ3v) is 2.38. The number of nitrogens with zero attached hydrogens (tertiary/aromatic N) is 1. The third kappa shape index (κ3) is 3.05. The normalized spacial score (nSPS) is 11.3. The van der Waals surface area contributed by atoms with Crippen LogP contribution in [-0.4, -0.2) is 28.5 Å². The molecule has 0 atom stereocenters. The minimum atomic E-state index is -1.02. The first-order valence-corrected chi connectivity index (χ1v) is 5.19. The van der Waals surface area contributed by atoms with E-state index in [9.17, 15) is 9.59 Å². The molecule has 0 aromatic carbocycles. The molecule has 17 heavy (non-hydrogen) atoms. The number of carbonyl (C=O) groups excluding carboxylic acids is 1. The number of oxazole rings is 1. The Labute approximate surface area is 99.0 Å². The van der Waals surface area contributed by atoms with Crippen molar-refractivity contribution < 1.29 is 19.1 Å². The Bertz CT molecular complexity index is 448. The first-order chi connectivity index (χ1) is 7.74. The van der Waals surface area contributed by atoms with Crippen molar-refractivity contribution in [2.24, 2.45) is 5.41 Å². The number of carbonyl (C=O) groups is 2. The fraction of sp³-hybridized carbons (Fsp3) is 0.545. The van der Waals surface area contributed by atoms with Crippen LogP contribution in [0, 0.1) is 19.3 Å². The summed E-state index contributed by atoms with van der Waals surface area (Å²) in [7, 11) is 0. The molecule has 1 amide bonds. The molecule has 6 nitrogen and oxygen atoms in total. The molecule has 0 saturated carbocycles. The summed E-state index contributed by atoms with van der Waals surface area (Å²) in [6.07, 6.45) is 0. The minimum Gasteiger partial charge on any atom is -0.481 e. The largest absolute Gasteiger partial charge is 0.481 e. The first kappa shape index (κ1) is 13.2. The number of aryl methyl sites for hydroxylation is 2. The molecule has 0 aliphatic carbocycles. The van der Waals surface area contributed by atoms with Crippen LogP contribution >= 0.6 is 0 Å². The van der Waals surface area contributed by atoms with E-state index in [2.05, 4.69) is 10.3 Å². The number of carboxylic acid groups (broad SMARTS) is 1. The van der Waals surface area contributed by atoms with Gasteiger partial charge in [0.1, 0.15) is 0 Å². The molecule has 6 heteroatoms. The van der Waals surface area contributed by atoms with Crippen LogP contribution in [0.5, 0.6) is 0 Å². The minimum absolute atomic E-state index is 0.0281. The summed E-state index contributed by atoms with van der Waals surface area (Å²) >= 11 is 0. The SMILES string of the molecule is Cc1nc(C)c(C(=O)NCC(C)(C)C(=O)O)o1. The molecule has 0 aliphatic rings. The van der Waals surface area contributed by atoms with Gasteiger partial charge in [-0.1, -0.05) is 0 Å². The monoisotopic (exact) mass is 240 g/mol. The predicted octanol–water partition coefficient (Wildman–Crippen LogP) is 1.13. The number of carboxylic acids is 1. The number of aliphatic carboxylic acids is 1. The van der Waals surface area contributed by atoms with Crippen molar-refractivity contribution >= 4 is 11.9 Å². The topological polar surface area (TPSA) is 92.4 Å². The Morgan fingerprint density at radius 1 is 1.41 bits per heavy atom. The molecule has 0 saturated heterocycles. The molecule has 0 fully saturated rings. The van der Waals surface area contributed by atoms with Crippen LogP contribution in [0.2, 0.25) is 0 Å². The van der Waals surface area contributed by atoms with Crippen LogP contribution in [0.25, 0.3) is 0 Å². The Kier molecular flexibility index (Phi) is 3.55. The molecule has 0 aliphatic heterocycles. The quantitative estimate of drug-likeness (QED) is 0.823. The van der Waals surface area contributed by atoms with Crippen molar-refractivity contribution in [1.29, 1.82) is 0 Å². The van der Waals surface area contributed by atoms with Crippen LogP contribution in [0.15, 0.2) is 4.42 Å². The highest BCUT2D eigenvalue weighted by Crippen LogP contribution is 2.14. The van der Waals surface area contributed by atoms with Crippen molar-refractivity contribution in [1.82, 2.24) is 10.3 Å². The van der Waals surface area contributed by atoms with Gasteiger partial charge < -0.3 is 14.8 Å². The highest BCUT2D eigenvalue weighted by Gasteiger charge is 2.28. The number of amides is 1. The van der Waals surface area contributed by atoms with Gasteiger partial charge in [-0.2, -0.15) is 0 Å². The van der Waals surface area contributed by atoms with Gasteiger partial charge in [0.25, 0.3) is 5.91 Å². The summed E-state index contributed by atoms with van der Waals surface area (Å²) in [5, 5.41) is 11.4. The molecule has 1 rings (SSSR count). The van der Waals surface area contributed by atoms with Crippen molar-refractivity contribution in [2.45, 2.75) is 27.7 Å². The third-order valence-electron chi connectivity index (χ3n) is 2.38. The van der Waals surface area contributed by atoms with Crippen LogP contribution < -0.4 is 5.32 Å². The summed E-state index contributed by atoms with van der Waals surface area (Å²) in [6.45, 7) is 6.40. The number of rotatable bonds is 4. The van der Waals surface area contributed by atoms with Crippen LogP contribution in [0.3, 0.4) is 0 Å². The smallest absolute Gasteiger partial charge is 0.310 e. The summed E-state index contributed by atoms with van der Waals surface area (Å²) in [6, 6.07) is 0. The summed E-state index contributed by atoms with van der Waals surface area (Å²) in [5.41, 5.74) is -0.522. The fourth-order valence-corrected chi connectivity index (χ4v) is 1.20. The average molecular weight is 240 g/mol. The lowest BCUT2D eigenvalue weighted by Gasteiger charge is -2.18. The Balaban J connectivity index is 2.68. The van der Waals surface area contributed by atoms with Gasteiger partial charge in [-0.3, -0.25) is 9.59 Å². The van der Waals surface area contributed by atoms with Gasteiger partial charge in [-0.25, -0.2) is 4.98 Å². The van der Waals surface area contributed by atoms with Crippen molar-refractivity contribution in [3.8, 4) is 0 Å². The molecular formula is C11H16N2O4. The molecular weight excluding hydrogens is 224 g/mol. The number of nitrogens with one attached hydrogen (secondary N) is 1. The van der Waals surface area contributed by atoms with E-state index in [0.29, 0.717) is 11.6 Å². The second-order valence-electron chi connectivity index (χ2n) is 4.52. The summed E-state index contributed by atoms with van der Waals surface area (Å²) in [5.74, 6) is -0.880. The van der Waals surface area contributed by atoms with Crippen molar-refractivity contribution in [2.75, 3.05) is 6.54 Å². The summed E-state index contributed by atoms with van der Waals surface area (Å²) < 4.78 is 5.13. The fourth-order valence-electron chi connectivity index (χ4n) is 1.20. The van der Waals surface area contributed by atoms with Crippen molar-refractivity contribution in [3.63, 3.8) is 0 Å². The molecule has 0 spiro atoms. The Morgan fingerprint density at radius 3 is 2.41 bits per heavy atom. The van der Waals surface area contributed by atoms with E-state index in [0.717, 1.165) is 0 Å². The van der Waals surface area contributed by atoms with Gasteiger partial charge in [0.05, 0.1) is 11.1 Å². The Hall–Kier alpha value is -1.85.